The molecule has 1 amide bonds. The first-order valence-electron chi connectivity index (χ1n) is 4.41. The number of aromatic nitrogens is 2. The molecule has 80 valence electrons. The van der Waals surface area contributed by atoms with E-state index in [1.165, 1.54) is 10.9 Å². The maximum Gasteiger partial charge on any atom is 0.239 e. The third-order valence-corrected chi connectivity index (χ3v) is 1.78. The molecule has 0 atom stereocenters. The van der Waals surface area contributed by atoms with Gasteiger partial charge in [-0.15, -0.1) is 0 Å². The molecule has 0 aliphatic heterocycles. The van der Waals surface area contributed by atoms with Crippen LogP contribution in [0.3, 0.4) is 0 Å². The number of rotatable bonds is 3. The molecule has 6 nitrogen and oxygen atoms in total. The third kappa shape index (κ3) is 2.79. The van der Waals surface area contributed by atoms with Gasteiger partial charge in [-0.2, -0.15) is 10.4 Å². The van der Waals surface area contributed by atoms with Crippen LogP contribution in [0, 0.1) is 11.3 Å². The van der Waals surface area contributed by atoms with Crippen LogP contribution in [0.5, 0.6) is 0 Å². The second kappa shape index (κ2) is 4.57. The summed E-state index contributed by atoms with van der Waals surface area (Å²) in [6, 6.07) is 1.96. The number of anilines is 1. The molecule has 6 heteroatoms. The number of nitrogens with zero attached hydrogens (tertiary/aromatic N) is 4. The minimum Gasteiger partial charge on any atom is -0.309 e. The lowest BCUT2D eigenvalue weighted by Crippen LogP contribution is -2.28. The van der Waals surface area contributed by atoms with Crippen molar-refractivity contribution in [3.05, 3.63) is 11.8 Å². The summed E-state index contributed by atoms with van der Waals surface area (Å²) in [6.07, 6.45) is 1.42. The summed E-state index contributed by atoms with van der Waals surface area (Å²) in [7, 11) is 5.27. The molecular weight excluding hydrogens is 194 g/mol. The molecule has 1 heterocycles. The molecule has 0 bridgehead atoms. The summed E-state index contributed by atoms with van der Waals surface area (Å²) < 4.78 is 1.46. The van der Waals surface area contributed by atoms with Crippen molar-refractivity contribution in [2.45, 2.75) is 0 Å². The molecule has 0 fully saturated rings. The maximum atomic E-state index is 11.4. The first kappa shape index (κ1) is 11.2. The lowest BCUT2D eigenvalue weighted by Gasteiger charge is -2.10. The van der Waals surface area contributed by atoms with E-state index in [1.54, 1.807) is 26.0 Å². The Morgan fingerprint density at radius 1 is 1.73 bits per heavy atom. The summed E-state index contributed by atoms with van der Waals surface area (Å²) in [5.74, 6) is 0.268. The van der Waals surface area contributed by atoms with Gasteiger partial charge in [0, 0.05) is 7.05 Å². The van der Waals surface area contributed by atoms with Crippen LogP contribution in [0.1, 0.15) is 5.56 Å². The SMILES string of the molecule is CN(C)CC(=O)Nc1c(C#N)cnn1C. The highest BCUT2D eigenvalue weighted by molar-refractivity contribution is 5.92. The Labute approximate surface area is 88.1 Å². The van der Waals surface area contributed by atoms with Crippen molar-refractivity contribution < 1.29 is 4.79 Å². The van der Waals surface area contributed by atoms with E-state index in [0.717, 1.165) is 0 Å². The Morgan fingerprint density at radius 2 is 2.40 bits per heavy atom. The van der Waals surface area contributed by atoms with Crippen LogP contribution in [-0.2, 0) is 11.8 Å². The zero-order valence-electron chi connectivity index (χ0n) is 8.98. The highest BCUT2D eigenvalue weighted by atomic mass is 16.2. The number of nitrogens with one attached hydrogen (secondary N) is 1. The summed E-state index contributed by atoms with van der Waals surface area (Å²) in [4.78, 5) is 13.2. The number of amides is 1. The van der Waals surface area contributed by atoms with Crippen LogP contribution in [-0.4, -0.2) is 41.2 Å². The molecule has 0 aliphatic rings. The average molecular weight is 207 g/mol. The summed E-state index contributed by atoms with van der Waals surface area (Å²) in [6.45, 7) is 0.274. The van der Waals surface area contributed by atoms with Gasteiger partial charge in [-0.3, -0.25) is 9.48 Å². The molecule has 0 saturated heterocycles. The Bertz CT molecular complexity index is 401. The Balaban J connectivity index is 2.76. The molecule has 1 rings (SSSR count). The van der Waals surface area contributed by atoms with Crippen molar-refractivity contribution >= 4 is 11.7 Å². The topological polar surface area (TPSA) is 74.0 Å². The van der Waals surface area contributed by atoms with Gasteiger partial charge in [-0.1, -0.05) is 0 Å². The van der Waals surface area contributed by atoms with E-state index in [-0.39, 0.29) is 12.5 Å². The number of carbonyl (C=O) groups excluding carboxylic acids is 1. The van der Waals surface area contributed by atoms with Gasteiger partial charge >= 0.3 is 0 Å². The third-order valence-electron chi connectivity index (χ3n) is 1.78. The number of hydrogen-bond donors (Lipinski definition) is 1. The first-order chi connectivity index (χ1) is 7.04. The van der Waals surface area contributed by atoms with Gasteiger partial charge in [0.2, 0.25) is 5.91 Å². The van der Waals surface area contributed by atoms with Gasteiger partial charge < -0.3 is 10.2 Å². The van der Waals surface area contributed by atoms with Crippen LogP contribution in [0.25, 0.3) is 0 Å². The monoisotopic (exact) mass is 207 g/mol. The zero-order valence-corrected chi connectivity index (χ0v) is 8.98. The van der Waals surface area contributed by atoms with Crippen LogP contribution >= 0.6 is 0 Å². The highest BCUT2D eigenvalue weighted by Crippen LogP contribution is 2.11. The van der Waals surface area contributed by atoms with Gasteiger partial charge in [0.15, 0.2) is 0 Å². The van der Waals surface area contributed by atoms with Crippen molar-refractivity contribution in [2.75, 3.05) is 26.0 Å². The van der Waals surface area contributed by atoms with Gasteiger partial charge in [-0.05, 0) is 14.1 Å². The second-order valence-electron chi connectivity index (χ2n) is 3.43. The standard InChI is InChI=1S/C9H13N5O/c1-13(2)6-8(15)12-9-7(4-10)5-11-14(9)3/h5H,6H2,1-3H3,(H,12,15). The van der Waals surface area contributed by atoms with E-state index < -0.39 is 0 Å². The molecule has 0 radical (unpaired) electrons. The van der Waals surface area contributed by atoms with Crippen molar-refractivity contribution in [3.63, 3.8) is 0 Å². The normalized spacial score (nSPS) is 10.1. The van der Waals surface area contributed by atoms with Crippen LogP contribution in [0.2, 0.25) is 0 Å². The summed E-state index contributed by atoms with van der Waals surface area (Å²) in [5.41, 5.74) is 0.365. The predicted octanol–water partition coefficient (Wildman–Crippen LogP) is -0.208. The van der Waals surface area contributed by atoms with E-state index in [0.29, 0.717) is 11.4 Å². The second-order valence-corrected chi connectivity index (χ2v) is 3.43. The van der Waals surface area contributed by atoms with Crippen LogP contribution in [0.4, 0.5) is 5.82 Å². The summed E-state index contributed by atoms with van der Waals surface area (Å²) >= 11 is 0. The number of likely N-dealkylation sites (N-methyl/N-ethyl adjacent to an activating group) is 1. The number of aryl methyl sites for hydroxylation is 1. The Kier molecular flexibility index (Phi) is 3.42. The lowest BCUT2D eigenvalue weighted by atomic mass is 10.3. The minimum atomic E-state index is -0.167. The van der Waals surface area contributed by atoms with Crippen LogP contribution < -0.4 is 5.32 Å². The number of carbonyl (C=O) groups is 1. The van der Waals surface area contributed by atoms with E-state index >= 15 is 0 Å². The van der Waals surface area contributed by atoms with E-state index in [9.17, 15) is 4.79 Å². The molecule has 0 aliphatic carbocycles. The molecule has 1 aromatic rings. The molecule has 15 heavy (non-hydrogen) atoms. The first-order valence-corrected chi connectivity index (χ1v) is 4.41. The maximum absolute atomic E-state index is 11.4. The quantitative estimate of drug-likeness (QED) is 0.744. The van der Waals surface area contributed by atoms with Crippen LogP contribution in [0.15, 0.2) is 6.20 Å². The van der Waals surface area contributed by atoms with E-state index in [2.05, 4.69) is 10.4 Å². The van der Waals surface area contributed by atoms with Gasteiger partial charge in [0.1, 0.15) is 17.5 Å². The molecule has 0 saturated carbocycles. The van der Waals surface area contributed by atoms with Gasteiger partial charge in [0.05, 0.1) is 12.7 Å². The van der Waals surface area contributed by atoms with E-state index in [1.807, 2.05) is 6.07 Å². The molecule has 0 unspecified atom stereocenters. The molecule has 1 N–H and O–H groups in total. The Morgan fingerprint density at radius 3 is 2.93 bits per heavy atom. The predicted molar refractivity (Wildman–Crippen MR) is 55.1 cm³/mol. The fourth-order valence-corrected chi connectivity index (χ4v) is 1.13. The number of nitriles is 1. The molecule has 1 aromatic heterocycles. The van der Waals surface area contributed by atoms with Gasteiger partial charge in [-0.25, -0.2) is 0 Å². The van der Waals surface area contributed by atoms with Crippen molar-refractivity contribution in [3.8, 4) is 6.07 Å². The van der Waals surface area contributed by atoms with Crippen molar-refractivity contribution in [1.29, 1.82) is 5.26 Å². The average Bonchev–Trinajstić information content (AvgIpc) is 2.46. The van der Waals surface area contributed by atoms with Crippen molar-refractivity contribution in [2.24, 2.45) is 7.05 Å². The minimum absolute atomic E-state index is 0.167. The van der Waals surface area contributed by atoms with Gasteiger partial charge in [0.25, 0.3) is 0 Å². The molecule has 0 spiro atoms. The largest absolute Gasteiger partial charge is 0.309 e. The van der Waals surface area contributed by atoms with Crippen molar-refractivity contribution in [1.82, 2.24) is 14.7 Å². The molecular formula is C9H13N5O. The van der Waals surface area contributed by atoms with E-state index in [4.69, 9.17) is 5.26 Å². The summed E-state index contributed by atoms with van der Waals surface area (Å²) in [5, 5.41) is 15.3. The Hall–Kier alpha value is -1.87. The molecule has 0 aromatic carbocycles. The lowest BCUT2D eigenvalue weighted by molar-refractivity contribution is -0.116. The fourth-order valence-electron chi connectivity index (χ4n) is 1.13. The smallest absolute Gasteiger partial charge is 0.239 e. The fraction of sp³-hybridized carbons (Fsp3) is 0.444. The number of hydrogen-bond acceptors (Lipinski definition) is 4. The highest BCUT2D eigenvalue weighted by Gasteiger charge is 2.11. The zero-order chi connectivity index (χ0) is 11.4.